The molecule has 0 bridgehead atoms. The first-order valence-electron chi connectivity index (χ1n) is 3.48. The van der Waals surface area contributed by atoms with Crippen LogP contribution >= 0.6 is 0 Å². The summed E-state index contributed by atoms with van der Waals surface area (Å²) in [5.41, 5.74) is 0.571. The van der Waals surface area contributed by atoms with Crippen LogP contribution in [0.1, 0.15) is 0 Å². The minimum Gasteiger partial charge on any atom is -0.507 e. The molecule has 0 aliphatic rings. The predicted molar refractivity (Wildman–Crippen MR) is 49.0 cm³/mol. The van der Waals surface area contributed by atoms with E-state index < -0.39 is 10.0 Å². The molecule has 0 spiro atoms. The van der Waals surface area contributed by atoms with Crippen LogP contribution in [0.5, 0.6) is 5.75 Å². The number of aromatic hydroxyl groups is 1. The number of benzene rings is 1. The lowest BCUT2D eigenvalue weighted by molar-refractivity contribution is 0.459. The number of primary sulfonamides is 1. The smallest absolute Gasteiger partial charge is 0.241 e. The fourth-order valence-electron chi connectivity index (χ4n) is 0.898. The Morgan fingerprint density at radius 2 is 2.08 bits per heavy atom. The van der Waals surface area contributed by atoms with Gasteiger partial charge in [0.05, 0.1) is 0 Å². The van der Waals surface area contributed by atoms with Crippen LogP contribution in [0.25, 0.3) is 0 Å². The van der Waals surface area contributed by atoms with E-state index in [1.807, 2.05) is 0 Å². The number of sulfonamides is 1. The normalized spacial score (nSPS) is 11.2. The largest absolute Gasteiger partial charge is 0.507 e. The third kappa shape index (κ3) is 2.10. The van der Waals surface area contributed by atoms with Crippen molar-refractivity contribution in [3.63, 3.8) is 0 Å². The molecule has 0 radical (unpaired) electrons. The molecule has 0 atom stereocenters. The number of nitrogens with one attached hydrogen (secondary N) is 1. The molecule has 4 N–H and O–H groups in total. The zero-order chi connectivity index (χ0) is 10.1. The molecular weight excluding hydrogens is 192 g/mol. The molecule has 0 fully saturated rings. The van der Waals surface area contributed by atoms with Crippen molar-refractivity contribution >= 4 is 15.7 Å². The van der Waals surface area contributed by atoms with Gasteiger partial charge in [0.1, 0.15) is 10.6 Å². The van der Waals surface area contributed by atoms with E-state index in [0.717, 1.165) is 0 Å². The van der Waals surface area contributed by atoms with Crippen LogP contribution in [0.4, 0.5) is 5.69 Å². The van der Waals surface area contributed by atoms with Crippen molar-refractivity contribution in [2.24, 2.45) is 5.14 Å². The quantitative estimate of drug-likeness (QED) is 0.592. The van der Waals surface area contributed by atoms with E-state index in [4.69, 9.17) is 5.14 Å². The summed E-state index contributed by atoms with van der Waals surface area (Å²) < 4.78 is 21.8. The van der Waals surface area contributed by atoms with Gasteiger partial charge in [0.25, 0.3) is 0 Å². The molecule has 0 saturated carbocycles. The van der Waals surface area contributed by atoms with E-state index >= 15 is 0 Å². The van der Waals surface area contributed by atoms with Crippen molar-refractivity contribution in [2.75, 3.05) is 12.4 Å². The second-order valence-corrected chi connectivity index (χ2v) is 4.01. The number of nitrogens with two attached hydrogens (primary N) is 1. The van der Waals surface area contributed by atoms with Gasteiger partial charge in [0.15, 0.2) is 0 Å². The number of phenolic OH excluding ortho intramolecular Hbond substituents is 1. The first kappa shape index (κ1) is 9.82. The van der Waals surface area contributed by atoms with Crippen LogP contribution < -0.4 is 10.5 Å². The van der Waals surface area contributed by atoms with E-state index in [1.54, 1.807) is 13.1 Å². The summed E-state index contributed by atoms with van der Waals surface area (Å²) in [7, 11) is -2.22. The minimum atomic E-state index is -3.86. The fourth-order valence-corrected chi connectivity index (χ4v) is 1.55. The Morgan fingerprint density at radius 3 is 2.54 bits per heavy atom. The highest BCUT2D eigenvalue weighted by atomic mass is 32.2. The van der Waals surface area contributed by atoms with Gasteiger partial charge >= 0.3 is 0 Å². The highest BCUT2D eigenvalue weighted by molar-refractivity contribution is 7.89. The molecular formula is C7H10N2O3S. The standard InChI is InChI=1S/C7H10N2O3S/c1-9-5-2-3-6(10)7(4-5)13(8,11)12/h2-4,9-10H,1H3,(H2,8,11,12). The monoisotopic (exact) mass is 202 g/mol. The summed E-state index contributed by atoms with van der Waals surface area (Å²) in [6, 6.07) is 4.08. The van der Waals surface area contributed by atoms with E-state index in [0.29, 0.717) is 5.69 Å². The zero-order valence-corrected chi connectivity index (χ0v) is 7.80. The molecule has 0 saturated heterocycles. The Kier molecular flexibility index (Phi) is 2.44. The molecule has 0 aromatic heterocycles. The number of anilines is 1. The van der Waals surface area contributed by atoms with Crippen molar-refractivity contribution < 1.29 is 13.5 Å². The van der Waals surface area contributed by atoms with Crippen molar-refractivity contribution in [1.29, 1.82) is 0 Å². The number of rotatable bonds is 2. The average molecular weight is 202 g/mol. The Morgan fingerprint density at radius 1 is 1.46 bits per heavy atom. The summed E-state index contributed by atoms with van der Waals surface area (Å²) in [4.78, 5) is -0.278. The SMILES string of the molecule is CNc1ccc(O)c(S(N)(=O)=O)c1. The van der Waals surface area contributed by atoms with Crippen LogP contribution in [-0.4, -0.2) is 20.6 Å². The van der Waals surface area contributed by atoms with Crippen molar-refractivity contribution in [1.82, 2.24) is 0 Å². The summed E-state index contributed by atoms with van der Waals surface area (Å²) in [5.74, 6) is -0.346. The zero-order valence-electron chi connectivity index (χ0n) is 6.98. The van der Waals surface area contributed by atoms with Gasteiger partial charge in [-0.2, -0.15) is 0 Å². The van der Waals surface area contributed by atoms with Crippen LogP contribution in [-0.2, 0) is 10.0 Å². The van der Waals surface area contributed by atoms with Gasteiger partial charge in [0, 0.05) is 12.7 Å². The number of hydrogen-bond acceptors (Lipinski definition) is 4. The maximum atomic E-state index is 10.9. The molecule has 13 heavy (non-hydrogen) atoms. The molecule has 0 amide bonds. The minimum absolute atomic E-state index is 0.278. The average Bonchev–Trinajstić information content (AvgIpc) is 2.03. The number of hydrogen-bond donors (Lipinski definition) is 3. The maximum absolute atomic E-state index is 10.9. The van der Waals surface area contributed by atoms with E-state index in [-0.39, 0.29) is 10.6 Å². The first-order chi connectivity index (χ1) is 5.95. The van der Waals surface area contributed by atoms with Crippen LogP contribution in [0.15, 0.2) is 23.1 Å². The molecule has 1 rings (SSSR count). The Labute approximate surface area is 76.2 Å². The Balaban J connectivity index is 3.36. The fraction of sp³-hybridized carbons (Fsp3) is 0.143. The summed E-state index contributed by atoms with van der Waals surface area (Å²) >= 11 is 0. The van der Waals surface area contributed by atoms with Crippen molar-refractivity contribution in [2.45, 2.75) is 4.90 Å². The van der Waals surface area contributed by atoms with Gasteiger partial charge in [-0.1, -0.05) is 0 Å². The molecule has 0 heterocycles. The van der Waals surface area contributed by atoms with Crippen LogP contribution in [0, 0.1) is 0 Å². The van der Waals surface area contributed by atoms with Crippen LogP contribution in [0.2, 0.25) is 0 Å². The third-order valence-electron chi connectivity index (χ3n) is 1.56. The first-order valence-corrected chi connectivity index (χ1v) is 5.03. The van der Waals surface area contributed by atoms with Crippen LogP contribution in [0.3, 0.4) is 0 Å². The van der Waals surface area contributed by atoms with Crippen molar-refractivity contribution in [3.8, 4) is 5.75 Å². The Hall–Kier alpha value is -1.27. The molecule has 5 nitrogen and oxygen atoms in total. The maximum Gasteiger partial charge on any atom is 0.241 e. The summed E-state index contributed by atoms with van der Waals surface area (Å²) in [5, 5.41) is 16.8. The number of phenols is 1. The molecule has 6 heteroatoms. The van der Waals surface area contributed by atoms with Gasteiger partial charge < -0.3 is 10.4 Å². The lowest BCUT2D eigenvalue weighted by atomic mass is 10.3. The molecule has 1 aromatic carbocycles. The second kappa shape index (κ2) is 3.23. The van der Waals surface area contributed by atoms with E-state index in [9.17, 15) is 13.5 Å². The molecule has 0 aliphatic heterocycles. The van der Waals surface area contributed by atoms with E-state index in [1.165, 1.54) is 12.1 Å². The molecule has 72 valence electrons. The third-order valence-corrected chi connectivity index (χ3v) is 2.50. The summed E-state index contributed by atoms with van der Waals surface area (Å²) in [6.07, 6.45) is 0. The highest BCUT2D eigenvalue weighted by Gasteiger charge is 2.13. The van der Waals surface area contributed by atoms with Gasteiger partial charge in [-0.3, -0.25) is 0 Å². The lowest BCUT2D eigenvalue weighted by Crippen LogP contribution is -2.12. The molecule has 0 aliphatic carbocycles. The Bertz CT molecular complexity index is 414. The summed E-state index contributed by atoms with van der Waals surface area (Å²) in [6.45, 7) is 0. The van der Waals surface area contributed by atoms with Crippen molar-refractivity contribution in [3.05, 3.63) is 18.2 Å². The van der Waals surface area contributed by atoms with Gasteiger partial charge in [0.2, 0.25) is 10.0 Å². The lowest BCUT2D eigenvalue weighted by Gasteiger charge is -2.04. The van der Waals surface area contributed by atoms with Gasteiger partial charge in [-0.15, -0.1) is 0 Å². The topological polar surface area (TPSA) is 92.4 Å². The highest BCUT2D eigenvalue weighted by Crippen LogP contribution is 2.24. The predicted octanol–water partition coefficient (Wildman–Crippen LogP) is 0.0813. The van der Waals surface area contributed by atoms with E-state index in [2.05, 4.69) is 5.32 Å². The van der Waals surface area contributed by atoms with Gasteiger partial charge in [-0.05, 0) is 18.2 Å². The van der Waals surface area contributed by atoms with Gasteiger partial charge in [-0.25, -0.2) is 13.6 Å². The molecule has 1 aromatic rings. The second-order valence-electron chi connectivity index (χ2n) is 2.48. The molecule has 0 unspecified atom stereocenters.